The molecule has 0 aromatic heterocycles. The first kappa shape index (κ1) is 16.3. The Kier molecular flexibility index (Phi) is 5.64. The van der Waals surface area contributed by atoms with Crippen LogP contribution in [0.1, 0.15) is 5.56 Å². The minimum Gasteiger partial charge on any atom is -0.259 e. The lowest BCUT2D eigenvalue weighted by atomic mass is 10.2. The third-order valence-corrected chi connectivity index (χ3v) is 5.15. The van der Waals surface area contributed by atoms with Crippen molar-refractivity contribution in [2.75, 3.05) is 5.75 Å². The Morgan fingerprint density at radius 3 is 2.26 bits per heavy atom. The van der Waals surface area contributed by atoms with Gasteiger partial charge < -0.3 is 0 Å². The summed E-state index contributed by atoms with van der Waals surface area (Å²) in [7, 11) is -5.85. The molecule has 0 aliphatic rings. The zero-order valence-corrected chi connectivity index (χ0v) is 12.1. The van der Waals surface area contributed by atoms with Crippen molar-refractivity contribution in [1.29, 1.82) is 0 Å². The molecule has 0 bridgehead atoms. The highest BCUT2D eigenvalue weighted by molar-refractivity contribution is 7.91. The minimum atomic E-state index is -4.59. The van der Waals surface area contributed by atoms with Gasteiger partial charge in [-0.1, -0.05) is 30.3 Å². The van der Waals surface area contributed by atoms with Gasteiger partial charge in [0.1, 0.15) is 0 Å². The summed E-state index contributed by atoms with van der Waals surface area (Å²) in [6.07, 6.45) is 0. The Balaban J connectivity index is 2.83. The van der Waals surface area contributed by atoms with Crippen LogP contribution in [0.5, 0.6) is 0 Å². The van der Waals surface area contributed by atoms with E-state index in [4.69, 9.17) is 11.6 Å². The number of halogens is 3. The fourth-order valence-corrected chi connectivity index (χ4v) is 3.39. The standard InChI is InChI=1S/C11H11ClF2O3S2/c1-8(12)6-18(15)7-9-2-4-10(5-3-9)19(16,17)11(13)14/h2-5,11H,1,6-7H2/t18-/m0/s1. The van der Waals surface area contributed by atoms with Crippen LogP contribution in [-0.2, 0) is 26.4 Å². The highest BCUT2D eigenvalue weighted by Gasteiger charge is 2.26. The first-order valence-electron chi connectivity index (χ1n) is 5.02. The van der Waals surface area contributed by atoms with E-state index in [0.29, 0.717) is 5.56 Å². The summed E-state index contributed by atoms with van der Waals surface area (Å²) >= 11 is 5.51. The largest absolute Gasteiger partial charge is 0.341 e. The zero-order valence-electron chi connectivity index (χ0n) is 9.68. The van der Waals surface area contributed by atoms with Gasteiger partial charge in [0.15, 0.2) is 0 Å². The third kappa shape index (κ3) is 4.67. The highest BCUT2D eigenvalue weighted by atomic mass is 35.5. The molecule has 19 heavy (non-hydrogen) atoms. The fraction of sp³-hybridized carbons (Fsp3) is 0.273. The van der Waals surface area contributed by atoms with Crippen molar-refractivity contribution in [3.05, 3.63) is 41.4 Å². The van der Waals surface area contributed by atoms with Crippen LogP contribution in [0.2, 0.25) is 0 Å². The van der Waals surface area contributed by atoms with Crippen LogP contribution in [0, 0.1) is 0 Å². The molecule has 0 fully saturated rings. The summed E-state index contributed by atoms with van der Waals surface area (Å²) in [5.41, 5.74) is 0.574. The molecule has 0 unspecified atom stereocenters. The maximum absolute atomic E-state index is 12.3. The van der Waals surface area contributed by atoms with Crippen LogP contribution in [0.25, 0.3) is 0 Å². The van der Waals surface area contributed by atoms with Gasteiger partial charge in [-0.2, -0.15) is 8.78 Å². The number of sulfone groups is 1. The molecule has 0 spiro atoms. The average Bonchev–Trinajstić information content (AvgIpc) is 2.28. The molecule has 0 amide bonds. The topological polar surface area (TPSA) is 51.2 Å². The van der Waals surface area contributed by atoms with Crippen LogP contribution in [-0.4, -0.2) is 24.1 Å². The van der Waals surface area contributed by atoms with E-state index in [1.165, 1.54) is 12.1 Å². The Hall–Kier alpha value is -0.790. The van der Waals surface area contributed by atoms with Crippen LogP contribution in [0.15, 0.2) is 40.8 Å². The van der Waals surface area contributed by atoms with E-state index < -0.39 is 31.3 Å². The SMILES string of the molecule is C=C(Cl)C[S@](=O)Cc1ccc(S(=O)(=O)C(F)F)cc1. The monoisotopic (exact) mass is 328 g/mol. The van der Waals surface area contributed by atoms with Crippen LogP contribution >= 0.6 is 11.6 Å². The summed E-state index contributed by atoms with van der Waals surface area (Å²) in [6.45, 7) is 3.41. The lowest BCUT2D eigenvalue weighted by molar-refractivity contribution is 0.234. The predicted molar refractivity (Wildman–Crippen MR) is 71.3 cm³/mol. The van der Waals surface area contributed by atoms with Crippen LogP contribution in [0.3, 0.4) is 0 Å². The molecule has 3 nitrogen and oxygen atoms in total. The minimum absolute atomic E-state index is 0.124. The van der Waals surface area contributed by atoms with E-state index in [-0.39, 0.29) is 16.5 Å². The molecular weight excluding hydrogens is 318 g/mol. The van der Waals surface area contributed by atoms with Gasteiger partial charge in [-0.15, -0.1) is 0 Å². The Labute approximate surface area is 117 Å². The lowest BCUT2D eigenvalue weighted by Crippen LogP contribution is -2.11. The number of hydrogen-bond donors (Lipinski definition) is 0. The van der Waals surface area contributed by atoms with Gasteiger partial charge in [-0.05, 0) is 17.7 Å². The van der Waals surface area contributed by atoms with Crippen LogP contribution in [0.4, 0.5) is 8.78 Å². The van der Waals surface area contributed by atoms with Crippen molar-refractivity contribution in [2.24, 2.45) is 0 Å². The fourth-order valence-electron chi connectivity index (χ4n) is 1.29. The molecule has 0 heterocycles. The summed E-state index contributed by atoms with van der Waals surface area (Å²) in [5, 5.41) is 0.259. The average molecular weight is 329 g/mol. The molecule has 1 aromatic carbocycles. The van der Waals surface area contributed by atoms with Crippen molar-refractivity contribution in [3.63, 3.8) is 0 Å². The van der Waals surface area contributed by atoms with E-state index in [1.807, 2.05) is 0 Å². The van der Waals surface area contributed by atoms with E-state index in [0.717, 1.165) is 12.1 Å². The number of hydrogen-bond acceptors (Lipinski definition) is 3. The summed E-state index contributed by atoms with van der Waals surface area (Å²) < 4.78 is 58.5. The number of alkyl halides is 2. The van der Waals surface area contributed by atoms with Gasteiger partial charge >= 0.3 is 5.76 Å². The van der Waals surface area contributed by atoms with Gasteiger partial charge in [0.2, 0.25) is 9.84 Å². The van der Waals surface area contributed by atoms with E-state index >= 15 is 0 Å². The number of rotatable bonds is 6. The van der Waals surface area contributed by atoms with E-state index in [1.54, 1.807) is 0 Å². The molecule has 0 aliphatic carbocycles. The third-order valence-electron chi connectivity index (χ3n) is 2.13. The predicted octanol–water partition coefficient (Wildman–Crippen LogP) is 2.68. The molecule has 1 rings (SSSR count). The van der Waals surface area contributed by atoms with Crippen molar-refractivity contribution in [2.45, 2.75) is 16.4 Å². The Morgan fingerprint density at radius 1 is 1.32 bits per heavy atom. The van der Waals surface area contributed by atoms with Crippen molar-refractivity contribution < 1.29 is 21.4 Å². The summed E-state index contributed by atoms with van der Waals surface area (Å²) in [5.74, 6) is -3.17. The zero-order chi connectivity index (χ0) is 14.6. The molecule has 1 aromatic rings. The highest BCUT2D eigenvalue weighted by Crippen LogP contribution is 2.19. The molecule has 106 valence electrons. The normalized spacial score (nSPS) is 13.5. The molecule has 8 heteroatoms. The quantitative estimate of drug-likeness (QED) is 0.806. The van der Waals surface area contributed by atoms with Gasteiger partial charge in [0, 0.05) is 21.6 Å². The molecule has 0 saturated carbocycles. The molecule has 0 aliphatic heterocycles. The lowest BCUT2D eigenvalue weighted by Gasteiger charge is -2.05. The van der Waals surface area contributed by atoms with Gasteiger partial charge in [-0.25, -0.2) is 8.42 Å². The smallest absolute Gasteiger partial charge is 0.259 e. The summed E-state index contributed by atoms with van der Waals surface area (Å²) in [6, 6.07) is 4.85. The Bertz CT molecular complexity index is 582. The molecule has 0 radical (unpaired) electrons. The second-order valence-corrected chi connectivity index (χ2v) is 7.60. The summed E-state index contributed by atoms with van der Waals surface area (Å²) in [4.78, 5) is -0.459. The van der Waals surface area contributed by atoms with E-state index in [9.17, 15) is 21.4 Å². The van der Waals surface area contributed by atoms with Crippen molar-refractivity contribution in [3.8, 4) is 0 Å². The number of benzene rings is 1. The second kappa shape index (κ2) is 6.58. The molecular formula is C11H11ClF2O3S2. The van der Waals surface area contributed by atoms with Gasteiger partial charge in [0.05, 0.1) is 10.6 Å². The van der Waals surface area contributed by atoms with Crippen molar-refractivity contribution in [1.82, 2.24) is 0 Å². The van der Waals surface area contributed by atoms with Gasteiger partial charge in [-0.3, -0.25) is 4.21 Å². The molecule has 0 N–H and O–H groups in total. The molecule has 0 saturated heterocycles. The van der Waals surface area contributed by atoms with E-state index in [2.05, 4.69) is 6.58 Å². The first-order valence-corrected chi connectivity index (χ1v) is 8.44. The maximum Gasteiger partial charge on any atom is 0.341 e. The second-order valence-electron chi connectivity index (χ2n) is 3.70. The Morgan fingerprint density at radius 2 is 1.84 bits per heavy atom. The first-order chi connectivity index (χ1) is 8.73. The van der Waals surface area contributed by atoms with Crippen molar-refractivity contribution >= 4 is 32.2 Å². The van der Waals surface area contributed by atoms with Gasteiger partial charge in [0.25, 0.3) is 0 Å². The molecule has 1 atom stereocenters. The van der Waals surface area contributed by atoms with Crippen LogP contribution < -0.4 is 0 Å². The maximum atomic E-state index is 12.3.